The van der Waals surface area contributed by atoms with Gasteiger partial charge < -0.3 is 5.32 Å². The van der Waals surface area contributed by atoms with Gasteiger partial charge in [0.1, 0.15) is 0 Å². The lowest BCUT2D eigenvalue weighted by Gasteiger charge is -2.27. The van der Waals surface area contributed by atoms with Crippen molar-refractivity contribution in [3.63, 3.8) is 0 Å². The number of allylic oxidation sites excluding steroid dienone is 3. The summed E-state index contributed by atoms with van der Waals surface area (Å²) in [6.45, 7) is 15.1. The fourth-order valence-electron chi connectivity index (χ4n) is 1.83. The Bertz CT molecular complexity index is 318. The van der Waals surface area contributed by atoms with Gasteiger partial charge in [-0.3, -0.25) is 0 Å². The molecule has 16 heavy (non-hydrogen) atoms. The van der Waals surface area contributed by atoms with Crippen LogP contribution in [-0.4, -0.2) is 6.04 Å². The van der Waals surface area contributed by atoms with E-state index in [0.29, 0.717) is 17.9 Å². The summed E-state index contributed by atoms with van der Waals surface area (Å²) >= 11 is 0. The number of hydrogen-bond donors (Lipinski definition) is 1. The van der Waals surface area contributed by atoms with Gasteiger partial charge in [-0.15, -0.1) is 0 Å². The van der Waals surface area contributed by atoms with Gasteiger partial charge in [0, 0.05) is 5.70 Å². The third kappa shape index (κ3) is 3.26. The lowest BCUT2D eigenvalue weighted by Crippen LogP contribution is -2.32. The highest BCUT2D eigenvalue weighted by Crippen LogP contribution is 2.23. The van der Waals surface area contributed by atoms with E-state index in [1.165, 1.54) is 11.1 Å². The van der Waals surface area contributed by atoms with E-state index in [0.717, 1.165) is 12.1 Å². The highest BCUT2D eigenvalue weighted by molar-refractivity contribution is 5.32. The minimum atomic E-state index is 0.442. The summed E-state index contributed by atoms with van der Waals surface area (Å²) in [5.74, 6) is 1.13. The molecule has 1 aliphatic carbocycles. The van der Waals surface area contributed by atoms with Crippen LogP contribution in [0.1, 0.15) is 41.0 Å². The van der Waals surface area contributed by atoms with Crippen LogP contribution < -0.4 is 5.32 Å². The predicted molar refractivity (Wildman–Crippen MR) is 72.2 cm³/mol. The van der Waals surface area contributed by atoms with Crippen molar-refractivity contribution in [3.05, 3.63) is 35.6 Å². The topological polar surface area (TPSA) is 12.0 Å². The molecule has 0 bridgehead atoms. The van der Waals surface area contributed by atoms with Crippen molar-refractivity contribution in [2.24, 2.45) is 11.8 Å². The summed E-state index contributed by atoms with van der Waals surface area (Å²) in [5, 5.41) is 3.52. The molecule has 1 nitrogen and oxygen atoms in total. The predicted octanol–water partition coefficient (Wildman–Crippen LogP) is 4.05. The van der Waals surface area contributed by atoms with Gasteiger partial charge in [-0.1, -0.05) is 52.0 Å². The molecule has 1 rings (SSSR count). The first-order chi connectivity index (χ1) is 7.41. The minimum absolute atomic E-state index is 0.442. The van der Waals surface area contributed by atoms with E-state index in [1.54, 1.807) is 0 Å². The molecule has 1 aliphatic rings. The minimum Gasteiger partial charge on any atom is -0.382 e. The first kappa shape index (κ1) is 13.1. The Kier molecular flexibility index (Phi) is 4.40. The number of nitrogens with one attached hydrogen (secondary N) is 1. The van der Waals surface area contributed by atoms with Crippen LogP contribution >= 0.6 is 0 Å². The molecule has 0 saturated heterocycles. The molecule has 0 amide bonds. The molecule has 0 aliphatic heterocycles. The largest absolute Gasteiger partial charge is 0.382 e. The van der Waals surface area contributed by atoms with E-state index in [2.05, 4.69) is 58.7 Å². The SMILES string of the molecule is C=C(NC1CC=C(C(C)C)C=C1C)C(C)C. The molecule has 0 aromatic rings. The van der Waals surface area contributed by atoms with Crippen LogP contribution in [0.4, 0.5) is 0 Å². The quantitative estimate of drug-likeness (QED) is 0.752. The van der Waals surface area contributed by atoms with E-state index in [-0.39, 0.29) is 0 Å². The lowest BCUT2D eigenvalue weighted by molar-refractivity contribution is 0.570. The Labute approximate surface area is 100 Å². The zero-order valence-corrected chi connectivity index (χ0v) is 11.3. The molecule has 0 spiro atoms. The highest BCUT2D eigenvalue weighted by Gasteiger charge is 2.16. The lowest BCUT2D eigenvalue weighted by atomic mass is 9.90. The van der Waals surface area contributed by atoms with E-state index in [1.807, 2.05) is 0 Å². The van der Waals surface area contributed by atoms with Gasteiger partial charge >= 0.3 is 0 Å². The molecule has 0 aromatic heterocycles. The van der Waals surface area contributed by atoms with Gasteiger partial charge in [0.05, 0.1) is 6.04 Å². The summed E-state index contributed by atoms with van der Waals surface area (Å²) < 4.78 is 0. The van der Waals surface area contributed by atoms with Crippen LogP contribution in [0.5, 0.6) is 0 Å². The molecule has 1 atom stereocenters. The Balaban J connectivity index is 2.63. The van der Waals surface area contributed by atoms with E-state index in [4.69, 9.17) is 0 Å². The van der Waals surface area contributed by atoms with Crippen molar-refractivity contribution in [1.29, 1.82) is 0 Å². The highest BCUT2D eigenvalue weighted by atomic mass is 14.9. The summed E-state index contributed by atoms with van der Waals surface area (Å²) in [5.41, 5.74) is 4.03. The zero-order chi connectivity index (χ0) is 12.3. The van der Waals surface area contributed by atoms with Crippen molar-refractivity contribution in [2.45, 2.75) is 47.1 Å². The normalized spacial score (nSPS) is 20.8. The second-order valence-electron chi connectivity index (χ2n) is 5.36. The van der Waals surface area contributed by atoms with Crippen molar-refractivity contribution in [2.75, 3.05) is 0 Å². The average molecular weight is 219 g/mol. The first-order valence-corrected chi connectivity index (χ1v) is 6.25. The van der Waals surface area contributed by atoms with Crippen LogP contribution in [0, 0.1) is 11.8 Å². The molecular formula is C15H25N. The monoisotopic (exact) mass is 219 g/mol. The molecule has 0 radical (unpaired) electrons. The first-order valence-electron chi connectivity index (χ1n) is 6.25. The van der Waals surface area contributed by atoms with Crippen LogP contribution in [0.2, 0.25) is 0 Å². The van der Waals surface area contributed by atoms with Crippen LogP contribution in [0.25, 0.3) is 0 Å². The summed E-state index contributed by atoms with van der Waals surface area (Å²) in [6, 6.07) is 0.442. The van der Waals surface area contributed by atoms with Gasteiger partial charge in [-0.05, 0) is 30.8 Å². The van der Waals surface area contributed by atoms with Gasteiger partial charge in [0.15, 0.2) is 0 Å². The summed E-state index contributed by atoms with van der Waals surface area (Å²) in [6.07, 6.45) is 5.75. The van der Waals surface area contributed by atoms with Crippen molar-refractivity contribution >= 4 is 0 Å². The number of hydrogen-bond acceptors (Lipinski definition) is 1. The Morgan fingerprint density at radius 3 is 2.44 bits per heavy atom. The van der Waals surface area contributed by atoms with Gasteiger partial charge in [0.25, 0.3) is 0 Å². The molecule has 1 heteroatoms. The van der Waals surface area contributed by atoms with Crippen LogP contribution in [0.15, 0.2) is 35.6 Å². The van der Waals surface area contributed by atoms with E-state index >= 15 is 0 Å². The van der Waals surface area contributed by atoms with Gasteiger partial charge in [-0.2, -0.15) is 0 Å². The van der Waals surface area contributed by atoms with Crippen molar-refractivity contribution < 1.29 is 0 Å². The molecule has 0 heterocycles. The summed E-state index contributed by atoms with van der Waals surface area (Å²) in [7, 11) is 0. The summed E-state index contributed by atoms with van der Waals surface area (Å²) in [4.78, 5) is 0. The molecule has 0 fully saturated rings. The molecule has 1 unspecified atom stereocenters. The second kappa shape index (κ2) is 5.38. The zero-order valence-electron chi connectivity index (χ0n) is 11.3. The van der Waals surface area contributed by atoms with Crippen molar-refractivity contribution in [3.8, 4) is 0 Å². The van der Waals surface area contributed by atoms with Crippen LogP contribution in [0.3, 0.4) is 0 Å². The fraction of sp³-hybridized carbons (Fsp3) is 0.600. The number of rotatable bonds is 4. The maximum Gasteiger partial charge on any atom is 0.0505 e. The molecule has 0 saturated carbocycles. The molecule has 90 valence electrons. The maximum absolute atomic E-state index is 4.08. The maximum atomic E-state index is 4.08. The molecular weight excluding hydrogens is 194 g/mol. The molecule has 1 N–H and O–H groups in total. The van der Waals surface area contributed by atoms with Crippen LogP contribution in [-0.2, 0) is 0 Å². The Morgan fingerprint density at radius 1 is 1.38 bits per heavy atom. The Morgan fingerprint density at radius 2 is 2.00 bits per heavy atom. The third-order valence-electron chi connectivity index (χ3n) is 3.26. The standard InChI is InChI=1S/C15H25N/c1-10(2)13(6)16-15-8-7-14(11(3)4)9-12(15)5/h7,9-11,15-16H,6,8H2,1-5H3. The third-order valence-corrected chi connectivity index (χ3v) is 3.26. The second-order valence-corrected chi connectivity index (χ2v) is 5.36. The average Bonchev–Trinajstić information content (AvgIpc) is 2.20. The van der Waals surface area contributed by atoms with Crippen molar-refractivity contribution in [1.82, 2.24) is 5.32 Å². The van der Waals surface area contributed by atoms with Gasteiger partial charge in [-0.25, -0.2) is 0 Å². The smallest absolute Gasteiger partial charge is 0.0505 e. The van der Waals surface area contributed by atoms with E-state index < -0.39 is 0 Å². The van der Waals surface area contributed by atoms with E-state index in [9.17, 15) is 0 Å². The Hall–Kier alpha value is -0.980. The van der Waals surface area contributed by atoms with Gasteiger partial charge in [0.2, 0.25) is 0 Å². The fourth-order valence-corrected chi connectivity index (χ4v) is 1.83. The molecule has 0 aromatic carbocycles.